The van der Waals surface area contributed by atoms with Gasteiger partial charge in [0, 0.05) is 18.3 Å². The SMILES string of the molecule is CCC(N)C(c1ccco1)N(CC)c1cccc(C)c1. The maximum absolute atomic E-state index is 6.36. The minimum atomic E-state index is 0.0432. The smallest absolute Gasteiger partial charge is 0.127 e. The van der Waals surface area contributed by atoms with E-state index in [0.29, 0.717) is 0 Å². The molecule has 1 heterocycles. The lowest BCUT2D eigenvalue weighted by molar-refractivity contribution is 0.398. The molecule has 0 spiro atoms. The van der Waals surface area contributed by atoms with Crippen LogP contribution in [0.1, 0.15) is 37.6 Å². The predicted octanol–water partition coefficient (Wildman–Crippen LogP) is 3.89. The molecule has 0 fully saturated rings. The van der Waals surface area contributed by atoms with Crippen molar-refractivity contribution < 1.29 is 4.42 Å². The van der Waals surface area contributed by atoms with Gasteiger partial charge in [-0.2, -0.15) is 0 Å². The Morgan fingerprint density at radius 1 is 1.20 bits per heavy atom. The number of aryl methyl sites for hydroxylation is 1. The lowest BCUT2D eigenvalue weighted by Crippen LogP contribution is -2.40. The van der Waals surface area contributed by atoms with Crippen LogP contribution >= 0.6 is 0 Å². The van der Waals surface area contributed by atoms with Gasteiger partial charge in [-0.15, -0.1) is 0 Å². The molecule has 0 radical (unpaired) electrons. The zero-order valence-corrected chi connectivity index (χ0v) is 12.5. The molecule has 0 saturated heterocycles. The summed E-state index contributed by atoms with van der Waals surface area (Å²) in [4.78, 5) is 2.32. The zero-order chi connectivity index (χ0) is 14.5. The first-order chi connectivity index (χ1) is 9.67. The van der Waals surface area contributed by atoms with Crippen LogP contribution < -0.4 is 10.6 Å². The van der Waals surface area contributed by atoms with Gasteiger partial charge in [0.2, 0.25) is 0 Å². The Morgan fingerprint density at radius 3 is 2.55 bits per heavy atom. The van der Waals surface area contributed by atoms with Crippen molar-refractivity contribution in [2.75, 3.05) is 11.4 Å². The van der Waals surface area contributed by atoms with Crippen LogP contribution in [0.5, 0.6) is 0 Å². The Hall–Kier alpha value is -1.74. The maximum atomic E-state index is 6.36. The van der Waals surface area contributed by atoms with Crippen LogP contribution in [0.3, 0.4) is 0 Å². The molecule has 0 amide bonds. The lowest BCUT2D eigenvalue weighted by Gasteiger charge is -2.35. The molecule has 2 aromatic rings. The van der Waals surface area contributed by atoms with E-state index in [2.05, 4.69) is 49.9 Å². The van der Waals surface area contributed by atoms with Gasteiger partial charge >= 0.3 is 0 Å². The van der Waals surface area contributed by atoms with Crippen molar-refractivity contribution in [3.8, 4) is 0 Å². The van der Waals surface area contributed by atoms with Crippen molar-refractivity contribution in [1.82, 2.24) is 0 Å². The summed E-state index contributed by atoms with van der Waals surface area (Å²) in [6.07, 6.45) is 2.63. The molecule has 3 nitrogen and oxygen atoms in total. The highest BCUT2D eigenvalue weighted by Gasteiger charge is 2.27. The molecule has 3 heteroatoms. The summed E-state index contributed by atoms with van der Waals surface area (Å²) in [5, 5.41) is 0. The summed E-state index contributed by atoms with van der Waals surface area (Å²) < 4.78 is 5.63. The molecule has 0 aliphatic rings. The standard InChI is InChI=1S/C17H24N2O/c1-4-15(18)17(16-10-7-11-20-16)19(5-2)14-9-6-8-13(3)12-14/h6-12,15,17H,4-5,18H2,1-3H3. The summed E-state index contributed by atoms with van der Waals surface area (Å²) >= 11 is 0. The van der Waals surface area contributed by atoms with Crippen LogP contribution in [0.2, 0.25) is 0 Å². The van der Waals surface area contributed by atoms with Crippen molar-refractivity contribution in [3.63, 3.8) is 0 Å². The maximum Gasteiger partial charge on any atom is 0.127 e. The summed E-state index contributed by atoms with van der Waals surface area (Å²) in [6.45, 7) is 7.27. The predicted molar refractivity (Wildman–Crippen MR) is 83.9 cm³/mol. The first kappa shape index (κ1) is 14.7. The monoisotopic (exact) mass is 272 g/mol. The van der Waals surface area contributed by atoms with E-state index in [0.717, 1.165) is 18.7 Å². The third kappa shape index (κ3) is 3.05. The van der Waals surface area contributed by atoms with E-state index in [1.807, 2.05) is 12.1 Å². The van der Waals surface area contributed by atoms with Crippen molar-refractivity contribution in [2.45, 2.75) is 39.3 Å². The number of anilines is 1. The molecular formula is C17H24N2O. The molecule has 1 aromatic carbocycles. The van der Waals surface area contributed by atoms with E-state index in [4.69, 9.17) is 10.2 Å². The van der Waals surface area contributed by atoms with Crippen molar-refractivity contribution in [3.05, 3.63) is 54.0 Å². The van der Waals surface area contributed by atoms with Gasteiger partial charge < -0.3 is 15.1 Å². The topological polar surface area (TPSA) is 42.4 Å². The zero-order valence-electron chi connectivity index (χ0n) is 12.5. The lowest BCUT2D eigenvalue weighted by atomic mass is 10.0. The third-order valence-electron chi connectivity index (χ3n) is 3.72. The molecule has 0 aliphatic heterocycles. The highest BCUT2D eigenvalue weighted by atomic mass is 16.3. The third-order valence-corrected chi connectivity index (χ3v) is 3.72. The van der Waals surface area contributed by atoms with E-state index in [-0.39, 0.29) is 12.1 Å². The fourth-order valence-corrected chi connectivity index (χ4v) is 2.63. The summed E-state index contributed by atoms with van der Waals surface area (Å²) in [5.41, 5.74) is 8.80. The molecule has 0 saturated carbocycles. The second-order valence-electron chi connectivity index (χ2n) is 5.16. The van der Waals surface area contributed by atoms with Gasteiger partial charge in [-0.05, 0) is 50.1 Å². The summed E-state index contributed by atoms with van der Waals surface area (Å²) in [6, 6.07) is 12.6. The minimum Gasteiger partial charge on any atom is -0.467 e. The fraction of sp³-hybridized carbons (Fsp3) is 0.412. The van der Waals surface area contributed by atoms with E-state index in [1.54, 1.807) is 6.26 Å². The van der Waals surface area contributed by atoms with E-state index in [1.165, 1.54) is 11.3 Å². The van der Waals surface area contributed by atoms with Gasteiger partial charge in [0.25, 0.3) is 0 Å². The molecule has 2 unspecified atom stereocenters. The molecule has 0 aliphatic carbocycles. The average molecular weight is 272 g/mol. The summed E-state index contributed by atoms with van der Waals surface area (Å²) in [5.74, 6) is 0.933. The largest absolute Gasteiger partial charge is 0.467 e. The van der Waals surface area contributed by atoms with Gasteiger partial charge in [0.15, 0.2) is 0 Å². The van der Waals surface area contributed by atoms with Gasteiger partial charge in [0.05, 0.1) is 6.26 Å². The van der Waals surface area contributed by atoms with Crippen LogP contribution in [0.4, 0.5) is 5.69 Å². The van der Waals surface area contributed by atoms with Crippen LogP contribution in [-0.2, 0) is 0 Å². The number of rotatable bonds is 6. The Morgan fingerprint density at radius 2 is 2.00 bits per heavy atom. The van der Waals surface area contributed by atoms with Crippen molar-refractivity contribution in [2.24, 2.45) is 5.73 Å². The normalized spacial score (nSPS) is 14.0. The number of nitrogens with two attached hydrogens (primary N) is 1. The molecule has 20 heavy (non-hydrogen) atoms. The minimum absolute atomic E-state index is 0.0432. The Labute approximate surface area is 121 Å². The van der Waals surface area contributed by atoms with Crippen LogP contribution in [0, 0.1) is 6.92 Å². The number of benzene rings is 1. The van der Waals surface area contributed by atoms with E-state index < -0.39 is 0 Å². The van der Waals surface area contributed by atoms with E-state index in [9.17, 15) is 0 Å². The number of hydrogen-bond donors (Lipinski definition) is 1. The number of nitrogens with zero attached hydrogens (tertiary/aromatic N) is 1. The van der Waals surface area contributed by atoms with Crippen molar-refractivity contribution in [1.29, 1.82) is 0 Å². The van der Waals surface area contributed by atoms with Crippen LogP contribution in [0.15, 0.2) is 47.1 Å². The van der Waals surface area contributed by atoms with Gasteiger partial charge in [-0.25, -0.2) is 0 Å². The second kappa shape index (κ2) is 6.62. The van der Waals surface area contributed by atoms with Gasteiger partial charge in [0.1, 0.15) is 11.8 Å². The second-order valence-corrected chi connectivity index (χ2v) is 5.16. The van der Waals surface area contributed by atoms with Gasteiger partial charge in [-0.1, -0.05) is 19.1 Å². The van der Waals surface area contributed by atoms with Crippen molar-refractivity contribution >= 4 is 5.69 Å². The Kier molecular flexibility index (Phi) is 4.85. The Bertz CT molecular complexity index is 522. The first-order valence-electron chi connectivity index (χ1n) is 7.29. The number of furan rings is 1. The van der Waals surface area contributed by atoms with Gasteiger partial charge in [-0.3, -0.25) is 0 Å². The van der Waals surface area contributed by atoms with Crippen LogP contribution in [0.25, 0.3) is 0 Å². The molecule has 2 atom stereocenters. The number of hydrogen-bond acceptors (Lipinski definition) is 3. The fourth-order valence-electron chi connectivity index (χ4n) is 2.63. The molecule has 2 rings (SSSR count). The molecule has 1 aromatic heterocycles. The molecule has 108 valence electrons. The van der Waals surface area contributed by atoms with Crippen LogP contribution in [-0.4, -0.2) is 12.6 Å². The highest BCUT2D eigenvalue weighted by molar-refractivity contribution is 5.50. The summed E-state index contributed by atoms with van der Waals surface area (Å²) in [7, 11) is 0. The first-order valence-corrected chi connectivity index (χ1v) is 7.29. The quantitative estimate of drug-likeness (QED) is 0.867. The van der Waals surface area contributed by atoms with E-state index >= 15 is 0 Å². The molecule has 2 N–H and O–H groups in total. The number of likely N-dealkylation sites (N-methyl/N-ethyl adjacent to an activating group) is 1. The Balaban J connectivity index is 2.39. The molecule has 0 bridgehead atoms. The molecular weight excluding hydrogens is 248 g/mol. The highest BCUT2D eigenvalue weighted by Crippen LogP contribution is 2.30. The average Bonchev–Trinajstić information content (AvgIpc) is 2.97.